The maximum absolute atomic E-state index is 13.9. The molecule has 1 fully saturated rings. The molecular formula is C26H25N5O4S. The summed E-state index contributed by atoms with van der Waals surface area (Å²) in [7, 11) is -2.51. The number of carbonyl (C=O) groups excluding carboxylic acids is 2. The second-order valence-electron chi connectivity index (χ2n) is 8.90. The number of hydrogen-bond acceptors (Lipinski definition) is 5. The minimum atomic E-state index is -4.14. The number of likely N-dealkylation sites (N-methyl/N-ethyl adjacent to an activating group) is 1. The Hall–Kier alpha value is -4.18. The lowest BCUT2D eigenvalue weighted by Crippen LogP contribution is -2.54. The van der Waals surface area contributed by atoms with Crippen LogP contribution in [0.2, 0.25) is 0 Å². The highest BCUT2D eigenvalue weighted by Gasteiger charge is 2.63. The number of nitrogens with one attached hydrogen (secondary N) is 3. The quantitative estimate of drug-likeness (QED) is 0.372. The van der Waals surface area contributed by atoms with E-state index in [0.717, 1.165) is 11.1 Å². The van der Waals surface area contributed by atoms with Crippen molar-refractivity contribution in [2.45, 2.75) is 29.7 Å². The number of aromatic nitrogens is 2. The van der Waals surface area contributed by atoms with Crippen LogP contribution in [0.25, 0.3) is 11.0 Å². The van der Waals surface area contributed by atoms with Gasteiger partial charge in [0.2, 0.25) is 0 Å². The molecule has 2 atom stereocenters. The standard InChI is InChI=1S/C26H25N5O4S/c1-17-9-6-7-14-22(17)36(34,35)30-25(33)29-26(15-19(26)18-10-4-3-5-11-18)24(32)31(2)21-13-8-12-20-23(21)28-16-27-20/h3-14,16,19H,15H2,1-2H3,(H,27,28)(H2,29,30,33)/t19?,26-/m0/s1. The van der Waals surface area contributed by atoms with Crippen molar-refractivity contribution in [3.8, 4) is 0 Å². The first-order valence-corrected chi connectivity index (χ1v) is 12.9. The third-order valence-corrected chi connectivity index (χ3v) is 8.08. The highest BCUT2D eigenvalue weighted by atomic mass is 32.2. The van der Waals surface area contributed by atoms with Crippen molar-refractivity contribution in [3.63, 3.8) is 0 Å². The number of fused-ring (bicyclic) bond motifs is 1. The zero-order chi connectivity index (χ0) is 25.5. The van der Waals surface area contributed by atoms with E-state index in [1.54, 1.807) is 44.6 Å². The van der Waals surface area contributed by atoms with Crippen LogP contribution in [0.3, 0.4) is 0 Å². The molecule has 3 amide bonds. The molecule has 5 rings (SSSR count). The summed E-state index contributed by atoms with van der Waals surface area (Å²) in [6, 6.07) is 20.2. The number of sulfonamides is 1. The number of hydrogen-bond donors (Lipinski definition) is 3. The van der Waals surface area contributed by atoms with Gasteiger partial charge >= 0.3 is 6.03 Å². The molecule has 1 aliphatic rings. The number of carbonyl (C=O) groups is 2. The summed E-state index contributed by atoms with van der Waals surface area (Å²) in [4.78, 5) is 35.7. The van der Waals surface area contributed by atoms with Gasteiger partial charge in [-0.15, -0.1) is 0 Å². The molecule has 1 heterocycles. The van der Waals surface area contributed by atoms with Crippen molar-refractivity contribution in [3.05, 3.63) is 90.3 Å². The van der Waals surface area contributed by atoms with E-state index in [2.05, 4.69) is 20.0 Å². The second kappa shape index (κ2) is 8.80. The van der Waals surface area contributed by atoms with Crippen LogP contribution < -0.4 is 14.9 Å². The number of imidazole rings is 1. The van der Waals surface area contributed by atoms with Crippen LogP contribution in [0.1, 0.15) is 23.5 Å². The molecule has 1 saturated carbocycles. The normalized spacial score (nSPS) is 19.0. The Kier molecular flexibility index (Phi) is 5.76. The van der Waals surface area contributed by atoms with Gasteiger partial charge in [0.15, 0.2) is 0 Å². The molecule has 3 aromatic carbocycles. The Morgan fingerprint density at radius 1 is 1.03 bits per heavy atom. The van der Waals surface area contributed by atoms with E-state index < -0.39 is 21.6 Å². The van der Waals surface area contributed by atoms with Crippen molar-refractivity contribution in [2.75, 3.05) is 11.9 Å². The molecule has 0 bridgehead atoms. The highest BCUT2D eigenvalue weighted by Crippen LogP contribution is 2.53. The average molecular weight is 504 g/mol. The van der Waals surface area contributed by atoms with E-state index in [-0.39, 0.29) is 16.7 Å². The summed E-state index contributed by atoms with van der Waals surface area (Å²) in [5.41, 5.74) is 2.02. The number of aromatic amines is 1. The first kappa shape index (κ1) is 23.6. The number of aryl methyl sites for hydroxylation is 1. The predicted molar refractivity (Wildman–Crippen MR) is 136 cm³/mol. The van der Waals surface area contributed by atoms with Gasteiger partial charge in [-0.25, -0.2) is 22.9 Å². The zero-order valence-corrected chi connectivity index (χ0v) is 20.5. The molecule has 4 aromatic rings. The Bertz CT molecular complexity index is 1570. The van der Waals surface area contributed by atoms with Crippen molar-refractivity contribution in [1.82, 2.24) is 20.0 Å². The number of benzene rings is 3. The lowest BCUT2D eigenvalue weighted by atomic mass is 10.0. The van der Waals surface area contributed by atoms with Crippen LogP contribution >= 0.6 is 0 Å². The lowest BCUT2D eigenvalue weighted by Gasteiger charge is -2.26. The van der Waals surface area contributed by atoms with Crippen molar-refractivity contribution >= 4 is 38.7 Å². The minimum absolute atomic E-state index is 0.00161. The number of amides is 3. The van der Waals surface area contributed by atoms with E-state index in [0.29, 0.717) is 23.2 Å². The number of H-pyrrole nitrogens is 1. The summed E-state index contributed by atoms with van der Waals surface area (Å²) in [5, 5.41) is 2.70. The van der Waals surface area contributed by atoms with Crippen molar-refractivity contribution < 1.29 is 18.0 Å². The van der Waals surface area contributed by atoms with Gasteiger partial charge in [0.1, 0.15) is 11.1 Å². The molecule has 9 nitrogen and oxygen atoms in total. The Balaban J connectivity index is 1.45. The Morgan fingerprint density at radius 2 is 1.75 bits per heavy atom. The number of rotatable bonds is 6. The van der Waals surface area contributed by atoms with Crippen LogP contribution in [0, 0.1) is 6.92 Å². The number of nitrogens with zero attached hydrogens (tertiary/aromatic N) is 2. The summed E-state index contributed by atoms with van der Waals surface area (Å²) in [6.07, 6.45) is 1.88. The Morgan fingerprint density at radius 3 is 2.50 bits per heavy atom. The molecule has 0 radical (unpaired) electrons. The fourth-order valence-corrected chi connectivity index (χ4v) is 5.83. The first-order chi connectivity index (χ1) is 17.2. The number of para-hydroxylation sites is 1. The molecule has 36 heavy (non-hydrogen) atoms. The van der Waals surface area contributed by atoms with E-state index in [1.165, 1.54) is 11.0 Å². The molecule has 1 aromatic heterocycles. The summed E-state index contributed by atoms with van der Waals surface area (Å²) >= 11 is 0. The number of anilines is 1. The van der Waals surface area contributed by atoms with Gasteiger partial charge in [-0.3, -0.25) is 4.79 Å². The molecular weight excluding hydrogens is 478 g/mol. The van der Waals surface area contributed by atoms with Gasteiger partial charge in [-0.05, 0) is 42.7 Å². The lowest BCUT2D eigenvalue weighted by molar-refractivity contribution is -0.121. The molecule has 10 heteroatoms. The predicted octanol–water partition coefficient (Wildman–Crippen LogP) is 3.45. The fourth-order valence-electron chi connectivity index (χ4n) is 4.67. The molecule has 3 N–H and O–H groups in total. The summed E-state index contributed by atoms with van der Waals surface area (Å²) < 4.78 is 27.8. The van der Waals surface area contributed by atoms with Crippen LogP contribution in [0.5, 0.6) is 0 Å². The minimum Gasteiger partial charge on any atom is -0.345 e. The van der Waals surface area contributed by atoms with E-state index in [4.69, 9.17) is 0 Å². The van der Waals surface area contributed by atoms with Crippen molar-refractivity contribution in [2.24, 2.45) is 0 Å². The Labute approximate surface area is 208 Å². The van der Waals surface area contributed by atoms with Crippen LogP contribution in [0.15, 0.2) is 84.0 Å². The monoisotopic (exact) mass is 503 g/mol. The smallest absolute Gasteiger partial charge is 0.329 e. The van der Waals surface area contributed by atoms with Crippen LogP contribution in [-0.2, 0) is 14.8 Å². The molecule has 0 aliphatic heterocycles. The van der Waals surface area contributed by atoms with Gasteiger partial charge in [0, 0.05) is 13.0 Å². The van der Waals surface area contributed by atoms with Gasteiger partial charge in [0.25, 0.3) is 15.9 Å². The molecule has 0 spiro atoms. The summed E-state index contributed by atoms with van der Waals surface area (Å²) in [6.45, 7) is 1.65. The zero-order valence-electron chi connectivity index (χ0n) is 19.7. The van der Waals surface area contributed by atoms with E-state index in [1.807, 2.05) is 42.5 Å². The maximum Gasteiger partial charge on any atom is 0.329 e. The summed E-state index contributed by atoms with van der Waals surface area (Å²) in [5.74, 6) is -0.686. The third kappa shape index (κ3) is 4.09. The van der Waals surface area contributed by atoms with Gasteiger partial charge in [-0.2, -0.15) is 0 Å². The third-order valence-electron chi connectivity index (χ3n) is 6.59. The number of urea groups is 1. The van der Waals surface area contributed by atoms with Crippen molar-refractivity contribution in [1.29, 1.82) is 0 Å². The maximum atomic E-state index is 13.9. The average Bonchev–Trinajstić information content (AvgIpc) is 3.37. The topological polar surface area (TPSA) is 124 Å². The largest absolute Gasteiger partial charge is 0.345 e. The van der Waals surface area contributed by atoms with Gasteiger partial charge in [0.05, 0.1) is 22.4 Å². The molecule has 1 aliphatic carbocycles. The first-order valence-electron chi connectivity index (χ1n) is 11.4. The fraction of sp³-hybridized carbons (Fsp3) is 0.192. The second-order valence-corrected chi connectivity index (χ2v) is 10.6. The molecule has 0 saturated heterocycles. The van der Waals surface area contributed by atoms with E-state index >= 15 is 0 Å². The van der Waals surface area contributed by atoms with Gasteiger partial charge < -0.3 is 15.2 Å². The SMILES string of the molecule is Cc1ccccc1S(=O)(=O)NC(=O)N[C@@]1(C(=O)N(C)c2cccc3[nH]cnc23)CC1c1ccccc1. The van der Waals surface area contributed by atoms with Crippen LogP contribution in [-0.4, -0.2) is 42.9 Å². The molecule has 1 unspecified atom stereocenters. The van der Waals surface area contributed by atoms with E-state index in [9.17, 15) is 18.0 Å². The van der Waals surface area contributed by atoms with Gasteiger partial charge in [-0.1, -0.05) is 54.6 Å². The molecule has 184 valence electrons. The highest BCUT2D eigenvalue weighted by molar-refractivity contribution is 7.90. The van der Waals surface area contributed by atoms with Crippen LogP contribution in [0.4, 0.5) is 10.5 Å².